The van der Waals surface area contributed by atoms with E-state index in [9.17, 15) is 14.7 Å². The summed E-state index contributed by atoms with van der Waals surface area (Å²) >= 11 is 3.47. The Balaban J connectivity index is 2.06. The molecule has 2 rings (SSSR count). The minimum Gasteiger partial charge on any atom is -0.481 e. The van der Waals surface area contributed by atoms with Crippen molar-refractivity contribution in [3.05, 3.63) is 34.3 Å². The highest BCUT2D eigenvalue weighted by Gasteiger charge is 2.36. The molecule has 1 saturated carbocycles. The largest absolute Gasteiger partial charge is 0.481 e. The summed E-state index contributed by atoms with van der Waals surface area (Å²) in [6.07, 6.45) is 3.06. The minimum atomic E-state index is -0.858. The van der Waals surface area contributed by atoms with E-state index in [0.29, 0.717) is 12.8 Å². The average Bonchev–Trinajstić information content (AvgIpc) is 2.47. The van der Waals surface area contributed by atoms with Crippen LogP contribution in [-0.4, -0.2) is 17.0 Å². The molecule has 3 atom stereocenters. The summed E-state index contributed by atoms with van der Waals surface area (Å²) in [7, 11) is 0. The number of carboxylic acid groups (broad SMARTS) is 1. The molecule has 2 N–H and O–H groups in total. The fraction of sp³-hybridized carbons (Fsp3) is 0.500. The summed E-state index contributed by atoms with van der Waals surface area (Å²) in [5, 5.41) is 12.2. The number of amides is 1. The maximum absolute atomic E-state index is 12.4. The molecule has 0 radical (unpaired) electrons. The van der Waals surface area contributed by atoms with Crippen LogP contribution in [0.1, 0.15) is 44.2 Å². The summed E-state index contributed by atoms with van der Waals surface area (Å²) < 4.78 is 0.941. The summed E-state index contributed by atoms with van der Waals surface area (Å²) in [6, 6.07) is 7.57. The molecule has 0 aromatic heterocycles. The minimum absolute atomic E-state index is 0.148. The zero-order chi connectivity index (χ0) is 15.4. The van der Waals surface area contributed by atoms with Gasteiger partial charge in [0.2, 0.25) is 5.91 Å². The van der Waals surface area contributed by atoms with E-state index in [-0.39, 0.29) is 11.9 Å². The lowest BCUT2D eigenvalue weighted by Crippen LogP contribution is -2.40. The molecule has 5 heteroatoms. The van der Waals surface area contributed by atoms with Crippen LogP contribution < -0.4 is 5.32 Å². The first kappa shape index (κ1) is 16.0. The number of hydrogen-bond acceptors (Lipinski definition) is 2. The van der Waals surface area contributed by atoms with Crippen molar-refractivity contribution in [2.45, 2.75) is 38.6 Å². The number of carbonyl (C=O) groups is 2. The highest BCUT2D eigenvalue weighted by atomic mass is 79.9. The van der Waals surface area contributed by atoms with Crippen molar-refractivity contribution < 1.29 is 14.7 Å². The van der Waals surface area contributed by atoms with E-state index in [4.69, 9.17) is 0 Å². The highest BCUT2D eigenvalue weighted by molar-refractivity contribution is 9.10. The summed E-state index contributed by atoms with van der Waals surface area (Å²) in [5.74, 6) is -1.97. The number of nitrogens with one attached hydrogen (secondary N) is 1. The van der Waals surface area contributed by atoms with E-state index in [0.717, 1.165) is 22.9 Å². The lowest BCUT2D eigenvalue weighted by atomic mass is 9.78. The van der Waals surface area contributed by atoms with Gasteiger partial charge in [-0.3, -0.25) is 9.59 Å². The molecule has 0 aliphatic heterocycles. The molecule has 0 saturated heterocycles. The van der Waals surface area contributed by atoms with E-state index in [1.54, 1.807) is 0 Å². The Kier molecular flexibility index (Phi) is 5.39. The summed E-state index contributed by atoms with van der Waals surface area (Å²) in [4.78, 5) is 23.7. The molecule has 1 amide bonds. The van der Waals surface area contributed by atoms with Gasteiger partial charge >= 0.3 is 5.97 Å². The van der Waals surface area contributed by atoms with Crippen molar-refractivity contribution in [2.24, 2.45) is 11.8 Å². The molecule has 21 heavy (non-hydrogen) atoms. The molecule has 1 aromatic rings. The Morgan fingerprint density at radius 3 is 2.48 bits per heavy atom. The number of benzene rings is 1. The number of rotatable bonds is 4. The second-order valence-electron chi connectivity index (χ2n) is 5.59. The second-order valence-corrected chi connectivity index (χ2v) is 6.44. The normalized spacial score (nSPS) is 23.3. The van der Waals surface area contributed by atoms with Gasteiger partial charge in [0, 0.05) is 4.47 Å². The van der Waals surface area contributed by atoms with Gasteiger partial charge in [-0.2, -0.15) is 0 Å². The molecule has 1 aromatic carbocycles. The van der Waals surface area contributed by atoms with Gasteiger partial charge in [-0.1, -0.05) is 47.0 Å². The predicted octanol–water partition coefficient (Wildman–Crippen LogP) is 3.52. The van der Waals surface area contributed by atoms with Gasteiger partial charge in [0.05, 0.1) is 17.9 Å². The SMILES string of the molecule is CC(NC(=O)C1CCCCC1C(=O)O)c1ccccc1Br. The smallest absolute Gasteiger partial charge is 0.307 e. The van der Waals surface area contributed by atoms with Crippen LogP contribution in [-0.2, 0) is 9.59 Å². The van der Waals surface area contributed by atoms with Crippen LogP contribution in [0.5, 0.6) is 0 Å². The monoisotopic (exact) mass is 353 g/mol. The Hall–Kier alpha value is -1.36. The van der Waals surface area contributed by atoms with Gasteiger partial charge in [0.25, 0.3) is 0 Å². The lowest BCUT2D eigenvalue weighted by molar-refractivity contribution is -0.149. The lowest BCUT2D eigenvalue weighted by Gasteiger charge is -2.29. The maximum atomic E-state index is 12.4. The zero-order valence-corrected chi connectivity index (χ0v) is 13.6. The molecule has 0 spiro atoms. The molecular weight excluding hydrogens is 334 g/mol. The topological polar surface area (TPSA) is 66.4 Å². The van der Waals surface area contributed by atoms with Gasteiger partial charge in [0.1, 0.15) is 0 Å². The van der Waals surface area contributed by atoms with E-state index in [2.05, 4.69) is 21.2 Å². The van der Waals surface area contributed by atoms with Crippen molar-refractivity contribution in [3.8, 4) is 0 Å². The van der Waals surface area contributed by atoms with E-state index in [1.807, 2.05) is 31.2 Å². The van der Waals surface area contributed by atoms with E-state index < -0.39 is 17.8 Å². The van der Waals surface area contributed by atoms with Gasteiger partial charge < -0.3 is 10.4 Å². The van der Waals surface area contributed by atoms with Gasteiger partial charge in [0.15, 0.2) is 0 Å². The van der Waals surface area contributed by atoms with Crippen LogP contribution in [0.4, 0.5) is 0 Å². The molecule has 1 aliphatic carbocycles. The van der Waals surface area contributed by atoms with Crippen molar-refractivity contribution in [3.63, 3.8) is 0 Å². The fourth-order valence-electron chi connectivity index (χ4n) is 2.96. The van der Waals surface area contributed by atoms with Crippen LogP contribution in [0.3, 0.4) is 0 Å². The first-order valence-corrected chi connectivity index (χ1v) is 8.07. The fourth-order valence-corrected chi connectivity index (χ4v) is 3.59. The van der Waals surface area contributed by atoms with Crippen molar-refractivity contribution in [1.82, 2.24) is 5.32 Å². The number of carboxylic acids is 1. The van der Waals surface area contributed by atoms with Gasteiger partial charge in [-0.05, 0) is 31.4 Å². The standard InChI is InChI=1S/C16H20BrNO3/c1-10(11-6-4-5-9-14(11)17)18-15(19)12-7-2-3-8-13(12)16(20)21/h4-6,9-10,12-13H,2-3,7-8H2,1H3,(H,18,19)(H,20,21). The molecule has 114 valence electrons. The van der Waals surface area contributed by atoms with Crippen LogP contribution in [0.15, 0.2) is 28.7 Å². The summed E-state index contributed by atoms with van der Waals surface area (Å²) in [6.45, 7) is 1.91. The predicted molar refractivity (Wildman–Crippen MR) is 83.8 cm³/mol. The quantitative estimate of drug-likeness (QED) is 0.870. The number of halogens is 1. The summed E-state index contributed by atoms with van der Waals surface area (Å²) in [5.41, 5.74) is 0.994. The second kappa shape index (κ2) is 7.07. The van der Waals surface area contributed by atoms with Crippen molar-refractivity contribution >= 4 is 27.8 Å². The molecule has 0 bridgehead atoms. The molecular formula is C16H20BrNO3. The van der Waals surface area contributed by atoms with Crippen LogP contribution in [0.2, 0.25) is 0 Å². The third-order valence-electron chi connectivity index (χ3n) is 4.15. The molecule has 4 nitrogen and oxygen atoms in total. The molecule has 1 fully saturated rings. The maximum Gasteiger partial charge on any atom is 0.307 e. The van der Waals surface area contributed by atoms with E-state index in [1.165, 1.54) is 0 Å². The van der Waals surface area contributed by atoms with Crippen LogP contribution in [0.25, 0.3) is 0 Å². The Morgan fingerprint density at radius 2 is 1.86 bits per heavy atom. The highest BCUT2D eigenvalue weighted by Crippen LogP contribution is 2.31. The first-order chi connectivity index (χ1) is 10.0. The molecule has 3 unspecified atom stereocenters. The first-order valence-electron chi connectivity index (χ1n) is 7.28. The Bertz CT molecular complexity index is 532. The van der Waals surface area contributed by atoms with Crippen molar-refractivity contribution in [1.29, 1.82) is 0 Å². The van der Waals surface area contributed by atoms with E-state index >= 15 is 0 Å². The molecule has 0 heterocycles. The number of carbonyl (C=O) groups excluding carboxylic acids is 1. The third-order valence-corrected chi connectivity index (χ3v) is 4.87. The van der Waals surface area contributed by atoms with Gasteiger partial charge in [-0.15, -0.1) is 0 Å². The molecule has 1 aliphatic rings. The number of aliphatic carboxylic acids is 1. The Morgan fingerprint density at radius 1 is 1.24 bits per heavy atom. The average molecular weight is 354 g/mol. The Labute approximate surface area is 133 Å². The van der Waals surface area contributed by atoms with Crippen LogP contribution in [0, 0.1) is 11.8 Å². The van der Waals surface area contributed by atoms with Crippen LogP contribution >= 0.6 is 15.9 Å². The third kappa shape index (κ3) is 3.84. The van der Waals surface area contributed by atoms with Crippen molar-refractivity contribution in [2.75, 3.05) is 0 Å². The van der Waals surface area contributed by atoms with Gasteiger partial charge in [-0.25, -0.2) is 0 Å². The zero-order valence-electron chi connectivity index (χ0n) is 12.0. The number of hydrogen-bond donors (Lipinski definition) is 2.